The normalized spacial score (nSPS) is 12.0. The van der Waals surface area contributed by atoms with Gasteiger partial charge in [-0.25, -0.2) is 12.4 Å². The van der Waals surface area contributed by atoms with Gasteiger partial charge in [-0.15, -0.1) is 0 Å². The van der Waals surface area contributed by atoms with Crippen molar-refractivity contribution in [1.29, 1.82) is 0 Å². The lowest BCUT2D eigenvalue weighted by atomic mass is 10.1. The number of rotatable bonds is 5. The van der Waals surface area contributed by atoms with Gasteiger partial charge in [0.25, 0.3) is 15.6 Å². The van der Waals surface area contributed by atoms with E-state index < -0.39 is 15.6 Å². The second kappa shape index (κ2) is 9.66. The van der Waals surface area contributed by atoms with Gasteiger partial charge in [-0.2, -0.15) is 0 Å². The predicted octanol–water partition coefficient (Wildman–Crippen LogP) is 6.57. The highest BCUT2D eigenvalue weighted by molar-refractivity contribution is 7.90. The number of benzene rings is 2. The number of halogens is 2. The molecule has 0 radical (unpaired) electrons. The van der Waals surface area contributed by atoms with Crippen molar-refractivity contribution in [3.8, 4) is 11.1 Å². The molecular formula is C30H24Cl2N4O3S. The maximum atomic E-state index is 13.6. The third-order valence-corrected chi connectivity index (χ3v) is 9.61. The largest absolute Gasteiger partial charge is 0.339 e. The van der Waals surface area contributed by atoms with Gasteiger partial charge in [-0.3, -0.25) is 9.78 Å². The summed E-state index contributed by atoms with van der Waals surface area (Å²) in [6, 6.07) is 17.6. The Balaban J connectivity index is 1.54. The summed E-state index contributed by atoms with van der Waals surface area (Å²) in [5.74, 6) is 0. The molecule has 0 unspecified atom stereocenters. The fourth-order valence-corrected chi connectivity index (χ4v) is 6.90. The van der Waals surface area contributed by atoms with E-state index in [-0.39, 0.29) is 10.4 Å². The first kappa shape index (κ1) is 26.4. The average molecular weight is 592 g/mol. The van der Waals surface area contributed by atoms with Gasteiger partial charge >= 0.3 is 0 Å². The lowest BCUT2D eigenvalue weighted by Crippen LogP contribution is -2.22. The Bertz CT molecular complexity index is 2110. The van der Waals surface area contributed by atoms with Crippen LogP contribution < -0.4 is 5.56 Å². The molecule has 0 N–H and O–H groups in total. The van der Waals surface area contributed by atoms with Gasteiger partial charge in [-0.05, 0) is 56.3 Å². The maximum absolute atomic E-state index is 13.6. The molecule has 0 saturated carbocycles. The molecule has 0 spiro atoms. The molecule has 0 amide bonds. The first-order chi connectivity index (χ1) is 19.1. The molecule has 4 heterocycles. The molecule has 0 aliphatic rings. The third-order valence-electron chi connectivity index (χ3n) is 7.21. The van der Waals surface area contributed by atoms with Crippen molar-refractivity contribution in [2.75, 3.05) is 0 Å². The summed E-state index contributed by atoms with van der Waals surface area (Å²) in [6.45, 7) is 4.33. The topological polar surface area (TPSA) is 78.9 Å². The molecule has 4 aromatic heterocycles. The minimum absolute atomic E-state index is 0.0788. The number of aromatic nitrogens is 4. The van der Waals surface area contributed by atoms with Gasteiger partial charge in [0.15, 0.2) is 0 Å². The number of pyridine rings is 2. The van der Waals surface area contributed by atoms with Crippen LogP contribution in [0.25, 0.3) is 33.1 Å². The fraction of sp³-hybridized carbons (Fsp3) is 0.133. The smallest absolute Gasteiger partial charge is 0.275 e. The molecular weight excluding hydrogens is 567 g/mol. The van der Waals surface area contributed by atoms with Crippen molar-refractivity contribution in [1.82, 2.24) is 18.1 Å². The number of hydrogen-bond donors (Lipinski definition) is 0. The summed E-state index contributed by atoms with van der Waals surface area (Å²) in [5.41, 5.74) is 5.47. The summed E-state index contributed by atoms with van der Waals surface area (Å²) in [6.07, 6.45) is 4.88. The van der Waals surface area contributed by atoms with Crippen LogP contribution in [0.1, 0.15) is 16.8 Å². The zero-order valence-electron chi connectivity index (χ0n) is 21.9. The van der Waals surface area contributed by atoms with Gasteiger partial charge in [0, 0.05) is 63.5 Å². The molecule has 0 fully saturated rings. The fourth-order valence-electron chi connectivity index (χ4n) is 5.04. The Hall–Kier alpha value is -3.85. The molecule has 6 rings (SSSR count). The van der Waals surface area contributed by atoms with Crippen molar-refractivity contribution in [3.63, 3.8) is 0 Å². The lowest BCUT2D eigenvalue weighted by molar-refractivity contribution is 0.589. The van der Waals surface area contributed by atoms with E-state index >= 15 is 0 Å². The zero-order chi connectivity index (χ0) is 28.3. The molecule has 40 heavy (non-hydrogen) atoms. The predicted molar refractivity (Wildman–Crippen MR) is 160 cm³/mol. The summed E-state index contributed by atoms with van der Waals surface area (Å²) >= 11 is 12.9. The van der Waals surface area contributed by atoms with Gasteiger partial charge < -0.3 is 9.13 Å². The number of hydrogen-bond acceptors (Lipinski definition) is 4. The summed E-state index contributed by atoms with van der Waals surface area (Å²) in [4.78, 5) is 18.1. The Morgan fingerprint density at radius 2 is 1.65 bits per heavy atom. The van der Waals surface area contributed by atoms with Gasteiger partial charge in [-0.1, -0.05) is 47.0 Å². The SMILES string of the molecule is Cc1ccc(S(=O)(=O)n2ccc3c(-c4cnc5cc(C)n(Cc6c(Cl)cccc6Cl)c5c4)cn(C)c(=O)c32)cc1. The molecule has 0 atom stereocenters. The molecule has 2 aromatic carbocycles. The minimum atomic E-state index is -4.00. The second-order valence-electron chi connectivity index (χ2n) is 9.85. The van der Waals surface area contributed by atoms with Gasteiger partial charge in [0.2, 0.25) is 0 Å². The van der Waals surface area contributed by atoms with Gasteiger partial charge in [0.1, 0.15) is 5.52 Å². The van der Waals surface area contributed by atoms with E-state index in [4.69, 9.17) is 28.2 Å². The Labute approximate surface area is 240 Å². The van der Waals surface area contributed by atoms with E-state index in [9.17, 15) is 13.2 Å². The summed E-state index contributed by atoms with van der Waals surface area (Å²) in [5, 5.41) is 1.67. The van der Waals surface area contributed by atoms with Crippen molar-refractivity contribution in [2.24, 2.45) is 7.05 Å². The standard InChI is InChI=1S/C30H24Cl2N4O3S/c1-18-7-9-21(10-8-18)40(38,39)36-12-11-22-23(16-34(3)30(37)29(22)36)20-14-28-27(33-15-20)13-19(2)35(28)17-24-25(31)5-4-6-26(24)32/h4-16H,17H2,1-3H3. The minimum Gasteiger partial charge on any atom is -0.339 e. The highest BCUT2D eigenvalue weighted by atomic mass is 35.5. The van der Waals surface area contributed by atoms with Crippen LogP contribution in [0.4, 0.5) is 0 Å². The van der Waals surface area contributed by atoms with Crippen molar-refractivity contribution >= 4 is 55.2 Å². The zero-order valence-corrected chi connectivity index (χ0v) is 24.2. The first-order valence-electron chi connectivity index (χ1n) is 12.5. The van der Waals surface area contributed by atoms with Crippen LogP contribution in [-0.4, -0.2) is 26.5 Å². The van der Waals surface area contributed by atoms with E-state index in [0.29, 0.717) is 27.5 Å². The molecule has 0 bridgehead atoms. The molecule has 7 nitrogen and oxygen atoms in total. The van der Waals surface area contributed by atoms with E-state index in [1.165, 1.54) is 10.8 Å². The van der Waals surface area contributed by atoms with Crippen LogP contribution in [0.3, 0.4) is 0 Å². The molecule has 10 heteroatoms. The van der Waals surface area contributed by atoms with Crippen LogP contribution in [0.2, 0.25) is 10.0 Å². The van der Waals surface area contributed by atoms with Crippen molar-refractivity contribution < 1.29 is 8.42 Å². The monoisotopic (exact) mass is 590 g/mol. The average Bonchev–Trinajstić information content (AvgIpc) is 3.50. The molecule has 0 aliphatic heterocycles. The van der Waals surface area contributed by atoms with Crippen molar-refractivity contribution in [3.05, 3.63) is 116 Å². The first-order valence-corrected chi connectivity index (χ1v) is 14.7. The van der Waals surface area contributed by atoms with Gasteiger partial charge in [0.05, 0.1) is 22.5 Å². The van der Waals surface area contributed by atoms with E-state index in [1.807, 2.05) is 44.2 Å². The summed E-state index contributed by atoms with van der Waals surface area (Å²) in [7, 11) is -2.39. The molecule has 202 valence electrons. The van der Waals surface area contributed by atoms with Crippen LogP contribution in [0, 0.1) is 13.8 Å². The van der Waals surface area contributed by atoms with Crippen LogP contribution in [-0.2, 0) is 23.6 Å². The van der Waals surface area contributed by atoms with Crippen molar-refractivity contribution in [2.45, 2.75) is 25.3 Å². The lowest BCUT2D eigenvalue weighted by Gasteiger charge is -2.13. The second-order valence-corrected chi connectivity index (χ2v) is 12.5. The summed E-state index contributed by atoms with van der Waals surface area (Å²) < 4.78 is 31.7. The van der Waals surface area contributed by atoms with Crippen LogP contribution >= 0.6 is 23.2 Å². The highest BCUT2D eigenvalue weighted by Crippen LogP contribution is 2.33. The van der Waals surface area contributed by atoms with E-state index in [2.05, 4.69) is 4.57 Å². The highest BCUT2D eigenvalue weighted by Gasteiger charge is 2.23. The third kappa shape index (κ3) is 4.23. The molecule has 0 aliphatic carbocycles. The number of aryl methyl sites for hydroxylation is 3. The Kier molecular flexibility index (Phi) is 6.37. The van der Waals surface area contributed by atoms with E-state index in [1.54, 1.807) is 49.8 Å². The quantitative estimate of drug-likeness (QED) is 0.227. The number of nitrogens with zero attached hydrogens (tertiary/aromatic N) is 4. The Morgan fingerprint density at radius 1 is 0.950 bits per heavy atom. The van der Waals surface area contributed by atoms with Crippen LogP contribution in [0.15, 0.2) is 88.9 Å². The van der Waals surface area contributed by atoms with E-state index in [0.717, 1.165) is 37.4 Å². The number of fused-ring (bicyclic) bond motifs is 2. The maximum Gasteiger partial charge on any atom is 0.275 e. The van der Waals surface area contributed by atoms with Crippen LogP contribution in [0.5, 0.6) is 0 Å². The molecule has 0 saturated heterocycles. The molecule has 6 aromatic rings. The Morgan fingerprint density at radius 3 is 2.35 bits per heavy atom.